The number of carbonyl (C=O) groups is 1. The van der Waals surface area contributed by atoms with Crippen LogP contribution in [0.2, 0.25) is 0 Å². The highest BCUT2D eigenvalue weighted by atomic mass is 19.1. The molecule has 0 unspecified atom stereocenters. The fourth-order valence-corrected chi connectivity index (χ4v) is 3.52. The number of benzene rings is 2. The number of piperidine rings is 1. The first kappa shape index (κ1) is 19.5. The number of amides is 1. The Morgan fingerprint density at radius 3 is 2.44 bits per heavy atom. The molecule has 0 aromatic heterocycles. The van der Waals surface area contributed by atoms with Gasteiger partial charge in [0.1, 0.15) is 11.6 Å². The highest BCUT2D eigenvalue weighted by Crippen LogP contribution is 2.20. The van der Waals surface area contributed by atoms with E-state index in [1.54, 1.807) is 18.2 Å². The van der Waals surface area contributed by atoms with Gasteiger partial charge in [-0.2, -0.15) is 0 Å². The summed E-state index contributed by atoms with van der Waals surface area (Å²) in [6.07, 6.45) is 3.27. The molecular formula is C22H26F2N2O. The normalized spacial score (nSPS) is 15.6. The molecular weight excluding hydrogens is 346 g/mol. The van der Waals surface area contributed by atoms with Crippen LogP contribution < -0.4 is 5.32 Å². The number of nitrogens with zero attached hydrogens (tertiary/aromatic N) is 1. The number of rotatable bonds is 7. The summed E-state index contributed by atoms with van der Waals surface area (Å²) in [4.78, 5) is 14.5. The minimum atomic E-state index is -0.228. The second-order valence-electron chi connectivity index (χ2n) is 7.16. The van der Waals surface area contributed by atoms with Gasteiger partial charge in [-0.15, -0.1) is 0 Å². The lowest BCUT2D eigenvalue weighted by Crippen LogP contribution is -2.40. The van der Waals surface area contributed by atoms with Crippen molar-refractivity contribution in [3.05, 3.63) is 71.3 Å². The van der Waals surface area contributed by atoms with Crippen LogP contribution in [-0.2, 0) is 17.8 Å². The molecule has 1 N–H and O–H groups in total. The van der Waals surface area contributed by atoms with Crippen LogP contribution in [0.1, 0.15) is 30.4 Å². The zero-order valence-electron chi connectivity index (χ0n) is 15.5. The molecule has 2 aromatic carbocycles. The van der Waals surface area contributed by atoms with Crippen molar-refractivity contribution in [2.45, 2.75) is 32.2 Å². The molecule has 0 spiro atoms. The SMILES string of the molecule is O=C(NCCCc1ccc(F)cc1)C1CCN(Cc2ccccc2F)CC1. The van der Waals surface area contributed by atoms with Crippen LogP contribution in [0, 0.1) is 17.6 Å². The Labute approximate surface area is 159 Å². The van der Waals surface area contributed by atoms with Crippen LogP contribution in [0.15, 0.2) is 48.5 Å². The minimum Gasteiger partial charge on any atom is -0.356 e. The van der Waals surface area contributed by atoms with E-state index in [2.05, 4.69) is 10.2 Å². The average molecular weight is 372 g/mol. The molecule has 27 heavy (non-hydrogen) atoms. The van der Waals surface area contributed by atoms with Gasteiger partial charge in [-0.1, -0.05) is 30.3 Å². The zero-order chi connectivity index (χ0) is 19.1. The molecule has 0 bridgehead atoms. The number of nitrogens with one attached hydrogen (secondary N) is 1. The Hall–Kier alpha value is -2.27. The van der Waals surface area contributed by atoms with E-state index in [1.165, 1.54) is 18.2 Å². The number of hydrogen-bond acceptors (Lipinski definition) is 2. The second-order valence-corrected chi connectivity index (χ2v) is 7.16. The molecule has 1 saturated heterocycles. The molecule has 5 heteroatoms. The fraction of sp³-hybridized carbons (Fsp3) is 0.409. The zero-order valence-corrected chi connectivity index (χ0v) is 15.5. The van der Waals surface area contributed by atoms with E-state index in [0.29, 0.717) is 18.7 Å². The molecule has 0 atom stereocenters. The van der Waals surface area contributed by atoms with Crippen molar-refractivity contribution in [1.29, 1.82) is 0 Å². The molecule has 0 aliphatic carbocycles. The van der Waals surface area contributed by atoms with Gasteiger partial charge in [0.25, 0.3) is 0 Å². The lowest BCUT2D eigenvalue weighted by atomic mass is 9.95. The van der Waals surface area contributed by atoms with Gasteiger partial charge in [0.2, 0.25) is 5.91 Å². The Morgan fingerprint density at radius 1 is 1.04 bits per heavy atom. The average Bonchev–Trinajstić information content (AvgIpc) is 2.69. The van der Waals surface area contributed by atoms with Crippen molar-refractivity contribution in [1.82, 2.24) is 10.2 Å². The molecule has 144 valence electrons. The maximum absolute atomic E-state index is 13.8. The molecule has 3 nitrogen and oxygen atoms in total. The highest BCUT2D eigenvalue weighted by molar-refractivity contribution is 5.78. The lowest BCUT2D eigenvalue weighted by Gasteiger charge is -2.31. The molecule has 1 aliphatic rings. The quantitative estimate of drug-likeness (QED) is 0.747. The Bertz CT molecular complexity index is 740. The number of carbonyl (C=O) groups excluding carboxylic acids is 1. The topological polar surface area (TPSA) is 32.3 Å². The molecule has 0 saturated carbocycles. The summed E-state index contributed by atoms with van der Waals surface area (Å²) in [5, 5.41) is 3.02. The molecule has 1 amide bonds. The van der Waals surface area contributed by atoms with Crippen molar-refractivity contribution >= 4 is 5.91 Å². The van der Waals surface area contributed by atoms with Gasteiger partial charge >= 0.3 is 0 Å². The monoisotopic (exact) mass is 372 g/mol. The predicted molar refractivity (Wildman–Crippen MR) is 102 cm³/mol. The second kappa shape index (κ2) is 9.60. The van der Waals surface area contributed by atoms with Crippen LogP contribution in [0.4, 0.5) is 8.78 Å². The Kier molecular flexibility index (Phi) is 6.93. The maximum atomic E-state index is 13.8. The van der Waals surface area contributed by atoms with Crippen molar-refractivity contribution in [3.8, 4) is 0 Å². The van der Waals surface area contributed by atoms with E-state index in [4.69, 9.17) is 0 Å². The summed E-state index contributed by atoms with van der Waals surface area (Å²) < 4.78 is 26.6. The van der Waals surface area contributed by atoms with E-state index in [1.807, 2.05) is 12.1 Å². The molecule has 1 fully saturated rings. The van der Waals surface area contributed by atoms with Crippen LogP contribution >= 0.6 is 0 Å². The lowest BCUT2D eigenvalue weighted by molar-refractivity contribution is -0.126. The molecule has 0 radical (unpaired) electrons. The van der Waals surface area contributed by atoms with E-state index >= 15 is 0 Å². The summed E-state index contributed by atoms with van der Waals surface area (Å²) >= 11 is 0. The summed E-state index contributed by atoms with van der Waals surface area (Å²) in [5.41, 5.74) is 1.79. The largest absolute Gasteiger partial charge is 0.356 e. The van der Waals surface area contributed by atoms with E-state index in [0.717, 1.165) is 44.3 Å². The molecule has 3 rings (SSSR count). The molecule has 2 aromatic rings. The Morgan fingerprint density at radius 2 is 1.74 bits per heavy atom. The first-order chi connectivity index (χ1) is 13.1. The maximum Gasteiger partial charge on any atom is 0.223 e. The standard InChI is InChI=1S/C22H26F2N2O/c23-20-9-7-17(8-10-20)4-3-13-25-22(27)18-11-14-26(15-12-18)16-19-5-1-2-6-21(19)24/h1-2,5-10,18H,3-4,11-16H2,(H,25,27). The van der Waals surface area contributed by atoms with Crippen LogP contribution in [0.3, 0.4) is 0 Å². The first-order valence-corrected chi connectivity index (χ1v) is 9.60. The van der Waals surface area contributed by atoms with Crippen molar-refractivity contribution in [3.63, 3.8) is 0 Å². The van der Waals surface area contributed by atoms with Gasteiger partial charge in [0.05, 0.1) is 0 Å². The van der Waals surface area contributed by atoms with Crippen LogP contribution in [0.25, 0.3) is 0 Å². The van der Waals surface area contributed by atoms with E-state index in [-0.39, 0.29) is 23.5 Å². The van der Waals surface area contributed by atoms with E-state index in [9.17, 15) is 13.6 Å². The number of hydrogen-bond donors (Lipinski definition) is 1. The van der Waals surface area contributed by atoms with Crippen molar-refractivity contribution < 1.29 is 13.6 Å². The summed E-state index contributed by atoms with van der Waals surface area (Å²) in [5.74, 6) is -0.251. The van der Waals surface area contributed by atoms with Gasteiger partial charge in [-0.25, -0.2) is 8.78 Å². The van der Waals surface area contributed by atoms with Gasteiger partial charge in [-0.3, -0.25) is 9.69 Å². The summed E-state index contributed by atoms with van der Waals surface area (Å²) in [6.45, 7) is 2.84. The smallest absolute Gasteiger partial charge is 0.223 e. The van der Waals surface area contributed by atoms with Gasteiger partial charge < -0.3 is 5.32 Å². The first-order valence-electron chi connectivity index (χ1n) is 9.60. The van der Waals surface area contributed by atoms with Gasteiger partial charge in [0.15, 0.2) is 0 Å². The molecule has 1 aliphatic heterocycles. The minimum absolute atomic E-state index is 0.0349. The summed E-state index contributed by atoms with van der Waals surface area (Å²) in [7, 11) is 0. The third-order valence-corrected chi connectivity index (χ3v) is 5.16. The molecule has 1 heterocycles. The third-order valence-electron chi connectivity index (χ3n) is 5.16. The van der Waals surface area contributed by atoms with Crippen LogP contribution in [-0.4, -0.2) is 30.4 Å². The van der Waals surface area contributed by atoms with Crippen LogP contribution in [0.5, 0.6) is 0 Å². The van der Waals surface area contributed by atoms with Crippen molar-refractivity contribution in [2.75, 3.05) is 19.6 Å². The summed E-state index contributed by atoms with van der Waals surface area (Å²) in [6, 6.07) is 13.3. The number of halogens is 2. The van der Waals surface area contributed by atoms with Gasteiger partial charge in [0, 0.05) is 24.6 Å². The third kappa shape index (κ3) is 5.86. The Balaban J connectivity index is 1.34. The number of aryl methyl sites for hydroxylation is 1. The van der Waals surface area contributed by atoms with E-state index < -0.39 is 0 Å². The fourth-order valence-electron chi connectivity index (χ4n) is 3.52. The highest BCUT2D eigenvalue weighted by Gasteiger charge is 2.25. The van der Waals surface area contributed by atoms with Gasteiger partial charge in [-0.05, 0) is 62.5 Å². The van der Waals surface area contributed by atoms with Crippen molar-refractivity contribution in [2.24, 2.45) is 5.92 Å². The number of likely N-dealkylation sites (tertiary alicyclic amines) is 1. The predicted octanol–water partition coefficient (Wildman–Crippen LogP) is 3.93.